The number of carbonyl (C=O) groups is 2. The Labute approximate surface area is 159 Å². The maximum atomic E-state index is 12.6. The minimum atomic E-state index is -1.08. The molecule has 0 aliphatic carbocycles. The van der Waals surface area contributed by atoms with Crippen LogP contribution >= 0.6 is 0 Å². The van der Waals surface area contributed by atoms with Crippen molar-refractivity contribution in [3.63, 3.8) is 0 Å². The number of hydrogen-bond donors (Lipinski definition) is 3. The van der Waals surface area contributed by atoms with E-state index < -0.39 is 35.9 Å². The van der Waals surface area contributed by atoms with Gasteiger partial charge in [-0.15, -0.1) is 0 Å². The van der Waals surface area contributed by atoms with Crippen LogP contribution in [0, 0.1) is 6.92 Å². The van der Waals surface area contributed by atoms with E-state index in [4.69, 9.17) is 9.47 Å². The van der Waals surface area contributed by atoms with Crippen LogP contribution in [0.15, 0.2) is 6.20 Å². The molecule has 27 heavy (non-hydrogen) atoms. The maximum absolute atomic E-state index is 12.6. The van der Waals surface area contributed by atoms with Crippen LogP contribution in [0.1, 0.15) is 58.4 Å². The summed E-state index contributed by atoms with van der Waals surface area (Å²) in [6.07, 6.45) is 0.660. The van der Waals surface area contributed by atoms with Crippen LogP contribution in [0.4, 0.5) is 4.79 Å². The van der Waals surface area contributed by atoms with E-state index in [1.165, 1.54) is 6.20 Å². The fourth-order valence-electron chi connectivity index (χ4n) is 2.27. The number of esters is 1. The van der Waals surface area contributed by atoms with Crippen LogP contribution in [0.3, 0.4) is 0 Å². The number of alkyl carbamates (subject to hydrolysis) is 1. The molecule has 0 saturated heterocycles. The van der Waals surface area contributed by atoms with Crippen molar-refractivity contribution in [2.24, 2.45) is 0 Å². The second-order valence-electron chi connectivity index (χ2n) is 8.29. The van der Waals surface area contributed by atoms with Gasteiger partial charge in [0.1, 0.15) is 23.0 Å². The van der Waals surface area contributed by atoms with Gasteiger partial charge in [-0.2, -0.15) is 0 Å². The molecule has 1 aromatic heterocycles. The highest BCUT2D eigenvalue weighted by Gasteiger charge is 2.30. The Bertz CT molecular complexity index is 689. The highest BCUT2D eigenvalue weighted by Crippen LogP contribution is 2.25. The summed E-state index contributed by atoms with van der Waals surface area (Å²) >= 11 is 0. The number of aliphatic hydroxyl groups is 1. The number of amides is 1. The van der Waals surface area contributed by atoms with Gasteiger partial charge in [-0.3, -0.25) is 4.98 Å². The molecule has 0 aliphatic heterocycles. The molecule has 0 spiro atoms. The number of nitrogens with one attached hydrogen (secondary N) is 1. The molecule has 0 radical (unpaired) electrons. The number of nitrogens with zero attached hydrogens (tertiary/aromatic N) is 1. The molecule has 0 saturated carbocycles. The fraction of sp³-hybridized carbons (Fsp3) is 0.632. The zero-order valence-electron chi connectivity index (χ0n) is 17.0. The van der Waals surface area contributed by atoms with Crippen LogP contribution in [0.5, 0.6) is 5.75 Å². The second-order valence-corrected chi connectivity index (χ2v) is 8.29. The third-order valence-corrected chi connectivity index (χ3v) is 3.39. The van der Waals surface area contributed by atoms with Crippen LogP contribution < -0.4 is 5.32 Å². The fourth-order valence-corrected chi connectivity index (χ4v) is 2.27. The minimum absolute atomic E-state index is 0.0229. The summed E-state index contributed by atoms with van der Waals surface area (Å²) in [5.74, 6) is -0.799. The number of aromatic nitrogens is 1. The molecule has 0 aromatic carbocycles. The van der Waals surface area contributed by atoms with E-state index in [2.05, 4.69) is 10.3 Å². The van der Waals surface area contributed by atoms with Gasteiger partial charge in [0, 0.05) is 18.2 Å². The number of ether oxygens (including phenoxy) is 2. The van der Waals surface area contributed by atoms with E-state index in [9.17, 15) is 19.8 Å². The first-order valence-electron chi connectivity index (χ1n) is 8.73. The normalized spacial score (nSPS) is 13.0. The number of hydrogen-bond acceptors (Lipinski definition) is 7. The lowest BCUT2D eigenvalue weighted by Gasteiger charge is -2.26. The van der Waals surface area contributed by atoms with Crippen LogP contribution in [0.2, 0.25) is 0 Å². The number of aliphatic hydroxyl groups excluding tert-OH is 1. The lowest BCUT2D eigenvalue weighted by atomic mass is 10.0. The summed E-state index contributed by atoms with van der Waals surface area (Å²) in [4.78, 5) is 28.8. The summed E-state index contributed by atoms with van der Waals surface area (Å²) in [5, 5.41) is 22.2. The van der Waals surface area contributed by atoms with Gasteiger partial charge in [0.25, 0.3) is 0 Å². The van der Waals surface area contributed by atoms with Crippen LogP contribution in [0.25, 0.3) is 0 Å². The SMILES string of the molecule is Cc1ncc(CC(NC(=O)OC(C)(C)C)C(=O)OC(C)(C)C)c(CO)c1O. The largest absolute Gasteiger partial charge is 0.506 e. The average molecular weight is 382 g/mol. The number of pyridine rings is 1. The number of aromatic hydroxyl groups is 1. The van der Waals surface area contributed by atoms with Crippen molar-refractivity contribution in [3.05, 3.63) is 23.0 Å². The minimum Gasteiger partial charge on any atom is -0.506 e. The quantitative estimate of drug-likeness (QED) is 0.669. The van der Waals surface area contributed by atoms with Crippen molar-refractivity contribution in [1.29, 1.82) is 0 Å². The molecule has 1 aromatic rings. The van der Waals surface area contributed by atoms with E-state index in [1.54, 1.807) is 48.5 Å². The Kier molecular flexibility index (Phi) is 7.19. The Morgan fingerprint density at radius 3 is 2.19 bits per heavy atom. The standard InChI is InChI=1S/C19H30N2O6/c1-11-15(23)13(10-22)12(9-20-11)8-14(16(24)26-18(2,3)4)21-17(25)27-19(5,6)7/h9,14,22-23H,8,10H2,1-7H3,(H,21,25). The lowest BCUT2D eigenvalue weighted by molar-refractivity contribution is -0.157. The molecule has 1 atom stereocenters. The molecule has 3 N–H and O–H groups in total. The number of aryl methyl sites for hydroxylation is 1. The van der Waals surface area contributed by atoms with Gasteiger partial charge < -0.3 is 25.0 Å². The van der Waals surface area contributed by atoms with Crippen molar-refractivity contribution in [2.45, 2.75) is 78.7 Å². The monoisotopic (exact) mass is 382 g/mol. The molecule has 0 fully saturated rings. The van der Waals surface area contributed by atoms with Gasteiger partial charge >= 0.3 is 12.1 Å². The Balaban J connectivity index is 3.13. The van der Waals surface area contributed by atoms with Crippen LogP contribution in [-0.4, -0.2) is 44.5 Å². The van der Waals surface area contributed by atoms with Crippen molar-refractivity contribution in [3.8, 4) is 5.75 Å². The van der Waals surface area contributed by atoms with Crippen LogP contribution in [-0.2, 0) is 27.3 Å². The molecule has 0 bridgehead atoms. The first kappa shape index (κ1) is 22.7. The Hall–Kier alpha value is -2.35. The van der Waals surface area contributed by atoms with E-state index in [0.717, 1.165) is 0 Å². The third kappa shape index (κ3) is 7.42. The predicted molar refractivity (Wildman–Crippen MR) is 99.3 cm³/mol. The first-order valence-corrected chi connectivity index (χ1v) is 8.73. The van der Waals surface area contributed by atoms with Gasteiger partial charge in [0.2, 0.25) is 0 Å². The summed E-state index contributed by atoms with van der Waals surface area (Å²) < 4.78 is 10.6. The molecular weight excluding hydrogens is 352 g/mol. The molecule has 8 nitrogen and oxygen atoms in total. The van der Waals surface area contributed by atoms with E-state index >= 15 is 0 Å². The zero-order valence-corrected chi connectivity index (χ0v) is 17.0. The van der Waals surface area contributed by atoms with Crippen molar-refractivity contribution >= 4 is 12.1 Å². The zero-order chi connectivity index (χ0) is 21.0. The molecule has 1 amide bonds. The molecule has 152 valence electrons. The lowest BCUT2D eigenvalue weighted by Crippen LogP contribution is -2.47. The third-order valence-electron chi connectivity index (χ3n) is 3.39. The van der Waals surface area contributed by atoms with Crippen molar-refractivity contribution in [1.82, 2.24) is 10.3 Å². The number of carbonyl (C=O) groups excluding carboxylic acids is 2. The van der Waals surface area contributed by atoms with Gasteiger partial charge in [0.15, 0.2) is 0 Å². The van der Waals surface area contributed by atoms with Gasteiger partial charge in [0.05, 0.1) is 12.3 Å². The average Bonchev–Trinajstić information content (AvgIpc) is 2.47. The molecule has 8 heteroatoms. The molecule has 0 aliphatic rings. The topological polar surface area (TPSA) is 118 Å². The van der Waals surface area contributed by atoms with Crippen molar-refractivity contribution < 1.29 is 29.3 Å². The predicted octanol–water partition coefficient (Wildman–Crippen LogP) is 2.37. The number of rotatable bonds is 5. The molecule has 1 unspecified atom stereocenters. The maximum Gasteiger partial charge on any atom is 0.408 e. The van der Waals surface area contributed by atoms with E-state index in [1.807, 2.05) is 0 Å². The first-order chi connectivity index (χ1) is 12.2. The molecule has 1 rings (SSSR count). The summed E-state index contributed by atoms with van der Waals surface area (Å²) in [6, 6.07) is -1.08. The van der Waals surface area contributed by atoms with Gasteiger partial charge in [-0.25, -0.2) is 9.59 Å². The van der Waals surface area contributed by atoms with Gasteiger partial charge in [-0.05, 0) is 54.0 Å². The second kappa shape index (κ2) is 8.56. The highest BCUT2D eigenvalue weighted by atomic mass is 16.6. The van der Waals surface area contributed by atoms with Gasteiger partial charge in [-0.1, -0.05) is 0 Å². The Morgan fingerprint density at radius 2 is 1.70 bits per heavy atom. The van der Waals surface area contributed by atoms with E-state index in [-0.39, 0.29) is 17.7 Å². The summed E-state index contributed by atoms with van der Waals surface area (Å²) in [5.41, 5.74) is -0.452. The smallest absolute Gasteiger partial charge is 0.408 e. The molecular formula is C19H30N2O6. The van der Waals surface area contributed by atoms with E-state index in [0.29, 0.717) is 11.3 Å². The Morgan fingerprint density at radius 1 is 1.15 bits per heavy atom. The summed E-state index contributed by atoms with van der Waals surface area (Å²) in [7, 11) is 0. The summed E-state index contributed by atoms with van der Waals surface area (Å²) in [6.45, 7) is 11.4. The molecule has 1 heterocycles. The van der Waals surface area contributed by atoms with Crippen molar-refractivity contribution in [2.75, 3.05) is 0 Å². The highest BCUT2D eigenvalue weighted by molar-refractivity contribution is 5.82.